The molecule has 34 heavy (non-hydrogen) atoms. The van der Waals surface area contributed by atoms with Gasteiger partial charge in [0.2, 0.25) is 0 Å². The van der Waals surface area contributed by atoms with Gasteiger partial charge >= 0.3 is 0 Å². The van der Waals surface area contributed by atoms with Gasteiger partial charge in [0.05, 0.1) is 18.2 Å². The Morgan fingerprint density at radius 3 is 2.56 bits per heavy atom. The number of nitrogens with one attached hydrogen (secondary N) is 2. The Labute approximate surface area is 194 Å². The van der Waals surface area contributed by atoms with Gasteiger partial charge in [0, 0.05) is 22.9 Å². The Kier molecular flexibility index (Phi) is 6.35. The van der Waals surface area contributed by atoms with E-state index in [1.165, 1.54) is 31.5 Å². The first-order valence-corrected chi connectivity index (χ1v) is 10.2. The summed E-state index contributed by atoms with van der Waals surface area (Å²) in [7, 11) is 1.54. The number of phenols is 1. The molecule has 0 aliphatic heterocycles. The van der Waals surface area contributed by atoms with Gasteiger partial charge in [0.1, 0.15) is 17.2 Å². The third-order valence-corrected chi connectivity index (χ3v) is 5.13. The quantitative estimate of drug-likeness (QED) is 0.200. The third-order valence-electron chi connectivity index (χ3n) is 5.13. The van der Waals surface area contributed by atoms with Gasteiger partial charge in [-0.2, -0.15) is 5.10 Å². The summed E-state index contributed by atoms with van der Waals surface area (Å²) < 4.78 is 5.08. The lowest BCUT2D eigenvalue weighted by atomic mass is 10.0. The van der Waals surface area contributed by atoms with Crippen LogP contribution < -0.4 is 15.5 Å². The smallest absolute Gasteiger partial charge is 0.294 e. The van der Waals surface area contributed by atoms with Crippen molar-refractivity contribution in [2.24, 2.45) is 5.10 Å². The van der Waals surface area contributed by atoms with Crippen LogP contribution in [0, 0.1) is 10.1 Å². The molecular weight excluding hydrogens is 436 g/mol. The van der Waals surface area contributed by atoms with Gasteiger partial charge in [0.15, 0.2) is 0 Å². The van der Waals surface area contributed by atoms with E-state index in [4.69, 9.17) is 4.74 Å². The molecule has 0 aliphatic rings. The second kappa shape index (κ2) is 9.70. The Bertz CT molecular complexity index is 1400. The summed E-state index contributed by atoms with van der Waals surface area (Å²) >= 11 is 0. The fraction of sp³-hybridized carbons (Fsp3) is 0.0400. The number of nitro benzene ring substituents is 1. The zero-order valence-electron chi connectivity index (χ0n) is 18.1. The largest absolute Gasteiger partial charge is 0.507 e. The maximum Gasteiger partial charge on any atom is 0.294 e. The first-order chi connectivity index (χ1) is 16.5. The molecule has 0 spiro atoms. The summed E-state index contributed by atoms with van der Waals surface area (Å²) in [6.07, 6.45) is 1.39. The number of nitro groups is 1. The van der Waals surface area contributed by atoms with E-state index < -0.39 is 10.8 Å². The van der Waals surface area contributed by atoms with Crippen molar-refractivity contribution in [2.75, 3.05) is 17.9 Å². The van der Waals surface area contributed by atoms with Crippen molar-refractivity contribution in [3.8, 4) is 11.5 Å². The minimum Gasteiger partial charge on any atom is -0.507 e. The van der Waals surface area contributed by atoms with Crippen molar-refractivity contribution in [2.45, 2.75) is 0 Å². The van der Waals surface area contributed by atoms with Crippen molar-refractivity contribution in [1.82, 2.24) is 0 Å². The van der Waals surface area contributed by atoms with E-state index in [-0.39, 0.29) is 22.7 Å². The number of methoxy groups -OCH3 is 1. The van der Waals surface area contributed by atoms with Crippen LogP contribution in [0.25, 0.3) is 10.8 Å². The Morgan fingerprint density at radius 1 is 1.06 bits per heavy atom. The number of anilines is 2. The predicted octanol–water partition coefficient (Wildman–Crippen LogP) is 5.16. The second-order valence-corrected chi connectivity index (χ2v) is 7.26. The molecule has 4 aromatic rings. The van der Waals surface area contributed by atoms with Gasteiger partial charge in [-0.1, -0.05) is 30.3 Å². The van der Waals surface area contributed by atoms with Crippen LogP contribution in [0.5, 0.6) is 11.5 Å². The molecule has 3 N–H and O–H groups in total. The van der Waals surface area contributed by atoms with E-state index in [9.17, 15) is 20.0 Å². The molecule has 0 heterocycles. The normalized spacial score (nSPS) is 10.9. The lowest BCUT2D eigenvalue weighted by Crippen LogP contribution is -2.12. The van der Waals surface area contributed by atoms with Crippen molar-refractivity contribution in [3.63, 3.8) is 0 Å². The summed E-state index contributed by atoms with van der Waals surface area (Å²) in [4.78, 5) is 23.6. The van der Waals surface area contributed by atoms with Gasteiger partial charge in [0.25, 0.3) is 11.6 Å². The molecule has 9 heteroatoms. The van der Waals surface area contributed by atoms with Crippen molar-refractivity contribution < 1.29 is 19.6 Å². The first kappa shape index (κ1) is 22.3. The molecule has 0 atom stereocenters. The molecule has 0 unspecified atom stereocenters. The fourth-order valence-electron chi connectivity index (χ4n) is 3.38. The van der Waals surface area contributed by atoms with Gasteiger partial charge in [-0.3, -0.25) is 20.3 Å². The van der Waals surface area contributed by atoms with Crippen LogP contribution in [-0.2, 0) is 0 Å². The number of hydrogen-bond acceptors (Lipinski definition) is 7. The molecule has 4 aromatic carbocycles. The molecule has 0 aromatic heterocycles. The predicted molar refractivity (Wildman–Crippen MR) is 131 cm³/mol. The summed E-state index contributed by atoms with van der Waals surface area (Å²) in [6, 6.07) is 21.6. The summed E-state index contributed by atoms with van der Waals surface area (Å²) in [5, 5.41) is 30.3. The Hall–Kier alpha value is -4.92. The molecule has 1 amide bonds. The molecular formula is C25H20N4O5. The van der Waals surface area contributed by atoms with Gasteiger partial charge < -0.3 is 15.2 Å². The summed E-state index contributed by atoms with van der Waals surface area (Å²) in [5.74, 6) is 0.176. The SMILES string of the molecule is COc1ccc(NC(=O)c2ccc(N/N=C/c3c(O)ccc4ccccc34)c([N+](=O)[O-])c2)cc1. The van der Waals surface area contributed by atoms with E-state index in [1.54, 1.807) is 36.4 Å². The number of carbonyl (C=O) groups excluding carboxylic acids is 1. The number of amides is 1. The monoisotopic (exact) mass is 456 g/mol. The number of hydrogen-bond donors (Lipinski definition) is 3. The van der Waals surface area contributed by atoms with Crippen molar-refractivity contribution >= 4 is 40.0 Å². The third kappa shape index (κ3) is 4.78. The highest BCUT2D eigenvalue weighted by atomic mass is 16.6. The van der Waals surface area contributed by atoms with Gasteiger partial charge in [-0.15, -0.1) is 0 Å². The van der Waals surface area contributed by atoms with Crippen LogP contribution in [0.1, 0.15) is 15.9 Å². The minimum absolute atomic E-state index is 0.0318. The van der Waals surface area contributed by atoms with E-state index in [2.05, 4.69) is 15.8 Å². The molecule has 0 bridgehead atoms. The zero-order chi connectivity index (χ0) is 24.1. The summed E-state index contributed by atoms with van der Waals surface area (Å²) in [5.41, 5.74) is 3.53. The Morgan fingerprint density at radius 2 is 1.82 bits per heavy atom. The van der Waals surface area contributed by atoms with Gasteiger partial charge in [-0.05, 0) is 53.2 Å². The number of hydrazone groups is 1. The van der Waals surface area contributed by atoms with Crippen LogP contribution in [0.15, 0.2) is 84.0 Å². The number of aromatic hydroxyl groups is 1. The topological polar surface area (TPSA) is 126 Å². The standard InChI is InChI=1S/C25H20N4O5/c1-34-19-10-8-18(9-11-19)27-25(31)17-6-12-22(23(14-17)29(32)33)28-26-15-21-20-5-3-2-4-16(20)7-13-24(21)30/h2-15,28,30H,1H3,(H,27,31)/b26-15+. The molecule has 9 nitrogen and oxygen atoms in total. The number of nitrogens with zero attached hydrogens (tertiary/aromatic N) is 2. The average Bonchev–Trinajstić information content (AvgIpc) is 2.85. The van der Waals surface area contributed by atoms with E-state index >= 15 is 0 Å². The first-order valence-electron chi connectivity index (χ1n) is 10.2. The van der Waals surface area contributed by atoms with E-state index in [0.717, 1.165) is 10.8 Å². The van der Waals surface area contributed by atoms with Crippen LogP contribution >= 0.6 is 0 Å². The molecule has 0 saturated carbocycles. The maximum atomic E-state index is 12.6. The number of carbonyl (C=O) groups is 1. The number of fused-ring (bicyclic) bond motifs is 1. The molecule has 170 valence electrons. The molecule has 0 fully saturated rings. The van der Waals surface area contributed by atoms with Crippen LogP contribution in [-0.4, -0.2) is 29.3 Å². The van der Waals surface area contributed by atoms with E-state index in [1.807, 2.05) is 24.3 Å². The van der Waals surface area contributed by atoms with Crippen molar-refractivity contribution in [1.29, 1.82) is 0 Å². The fourth-order valence-corrected chi connectivity index (χ4v) is 3.38. The second-order valence-electron chi connectivity index (χ2n) is 7.26. The zero-order valence-corrected chi connectivity index (χ0v) is 18.1. The summed E-state index contributed by atoms with van der Waals surface area (Å²) in [6.45, 7) is 0. The minimum atomic E-state index is -0.600. The number of phenolic OH excluding ortho intramolecular Hbond substituents is 1. The molecule has 0 radical (unpaired) electrons. The van der Waals surface area contributed by atoms with Crippen molar-refractivity contribution in [3.05, 3.63) is 100 Å². The Balaban J connectivity index is 1.55. The number of benzene rings is 4. The highest BCUT2D eigenvalue weighted by Crippen LogP contribution is 2.28. The number of ether oxygens (including phenoxy) is 1. The lowest BCUT2D eigenvalue weighted by molar-refractivity contribution is -0.384. The lowest BCUT2D eigenvalue weighted by Gasteiger charge is -2.08. The molecule has 0 aliphatic carbocycles. The highest BCUT2D eigenvalue weighted by molar-refractivity contribution is 6.05. The van der Waals surface area contributed by atoms with Crippen LogP contribution in [0.4, 0.5) is 17.1 Å². The highest BCUT2D eigenvalue weighted by Gasteiger charge is 2.18. The van der Waals surface area contributed by atoms with E-state index in [0.29, 0.717) is 17.0 Å². The van der Waals surface area contributed by atoms with Gasteiger partial charge in [-0.25, -0.2) is 0 Å². The van der Waals surface area contributed by atoms with Crippen LogP contribution in [0.2, 0.25) is 0 Å². The maximum absolute atomic E-state index is 12.6. The molecule has 0 saturated heterocycles. The number of rotatable bonds is 7. The average molecular weight is 456 g/mol. The van der Waals surface area contributed by atoms with Crippen LogP contribution in [0.3, 0.4) is 0 Å². The molecule has 4 rings (SSSR count).